The van der Waals surface area contributed by atoms with E-state index in [2.05, 4.69) is 20.9 Å². The van der Waals surface area contributed by atoms with Crippen molar-refractivity contribution in [1.82, 2.24) is 14.9 Å². The molecule has 2 aromatic rings. The van der Waals surface area contributed by atoms with Crippen molar-refractivity contribution in [2.45, 2.75) is 31.8 Å². The monoisotopic (exact) mass is 281 g/mol. The molecule has 0 bridgehead atoms. The Morgan fingerprint density at radius 3 is 3.17 bits per heavy atom. The van der Waals surface area contributed by atoms with Crippen LogP contribution in [0.5, 0.6) is 0 Å². The molecule has 1 N–H and O–H groups in total. The number of halogens is 1. The van der Waals surface area contributed by atoms with E-state index in [-0.39, 0.29) is 0 Å². The van der Waals surface area contributed by atoms with Crippen LogP contribution in [0, 0.1) is 0 Å². The van der Waals surface area contributed by atoms with E-state index < -0.39 is 0 Å². The lowest BCUT2D eigenvalue weighted by atomic mass is 10.2. The zero-order valence-corrected chi connectivity index (χ0v) is 11.7. The van der Waals surface area contributed by atoms with Crippen molar-refractivity contribution in [3.05, 3.63) is 39.6 Å². The predicted octanol–water partition coefficient (Wildman–Crippen LogP) is 3.27. The number of hydrogen-bond acceptors (Lipinski definition) is 3. The fraction of sp³-hybridized carbons (Fsp3) is 0.462. The number of aromatic nitrogens is 2. The fourth-order valence-corrected chi connectivity index (χ4v) is 3.54. The van der Waals surface area contributed by atoms with Crippen LogP contribution in [0.4, 0.5) is 0 Å². The SMILES string of the molecule is Clc1ccc(CCn2cncc2[C@@H]2CCCN2)s1. The highest BCUT2D eigenvalue weighted by molar-refractivity contribution is 7.16. The van der Waals surface area contributed by atoms with Crippen LogP contribution in [0.3, 0.4) is 0 Å². The first-order valence-electron chi connectivity index (χ1n) is 6.30. The summed E-state index contributed by atoms with van der Waals surface area (Å²) in [4.78, 5) is 5.62. The molecule has 5 heteroatoms. The summed E-state index contributed by atoms with van der Waals surface area (Å²) in [6.45, 7) is 2.10. The van der Waals surface area contributed by atoms with Crippen molar-refractivity contribution in [1.29, 1.82) is 0 Å². The lowest BCUT2D eigenvalue weighted by molar-refractivity contribution is 0.564. The molecule has 0 aromatic carbocycles. The highest BCUT2D eigenvalue weighted by Crippen LogP contribution is 2.24. The average Bonchev–Trinajstić information content (AvgIpc) is 3.07. The van der Waals surface area contributed by atoms with Crippen LogP contribution in [0.25, 0.3) is 0 Å². The molecule has 96 valence electrons. The fourth-order valence-electron chi connectivity index (χ4n) is 2.46. The van der Waals surface area contributed by atoms with Crippen molar-refractivity contribution in [2.24, 2.45) is 0 Å². The van der Waals surface area contributed by atoms with Gasteiger partial charge in [-0.3, -0.25) is 0 Å². The lowest BCUT2D eigenvalue weighted by Crippen LogP contribution is -2.17. The van der Waals surface area contributed by atoms with Crippen molar-refractivity contribution in [2.75, 3.05) is 6.54 Å². The summed E-state index contributed by atoms with van der Waals surface area (Å²) in [5.74, 6) is 0. The predicted molar refractivity (Wildman–Crippen MR) is 75.2 cm³/mol. The average molecular weight is 282 g/mol. The second-order valence-corrected chi connectivity index (χ2v) is 6.42. The number of nitrogens with one attached hydrogen (secondary N) is 1. The topological polar surface area (TPSA) is 29.9 Å². The standard InChI is InChI=1S/C13H16ClN3S/c14-13-4-3-10(18-13)5-7-17-9-15-8-12(17)11-2-1-6-16-11/h3-4,8-9,11,16H,1-2,5-7H2/t11-/m0/s1. The molecule has 0 radical (unpaired) electrons. The summed E-state index contributed by atoms with van der Waals surface area (Å²) in [5.41, 5.74) is 1.31. The van der Waals surface area contributed by atoms with Gasteiger partial charge in [-0.1, -0.05) is 11.6 Å². The number of rotatable bonds is 4. The Morgan fingerprint density at radius 1 is 1.50 bits per heavy atom. The van der Waals surface area contributed by atoms with E-state index in [4.69, 9.17) is 11.6 Å². The largest absolute Gasteiger partial charge is 0.333 e. The molecule has 1 saturated heterocycles. The molecule has 18 heavy (non-hydrogen) atoms. The molecule has 0 spiro atoms. The first kappa shape index (κ1) is 12.2. The van der Waals surface area contributed by atoms with E-state index in [1.807, 2.05) is 18.6 Å². The molecule has 3 rings (SSSR count). The first-order chi connectivity index (χ1) is 8.83. The number of hydrogen-bond donors (Lipinski definition) is 1. The van der Waals surface area contributed by atoms with Crippen LogP contribution in [0.2, 0.25) is 4.34 Å². The Balaban J connectivity index is 1.67. The van der Waals surface area contributed by atoms with Crippen LogP contribution in [0.1, 0.15) is 29.5 Å². The molecule has 1 fully saturated rings. The first-order valence-corrected chi connectivity index (χ1v) is 7.50. The molecule has 2 aromatic heterocycles. The van der Waals surface area contributed by atoms with Crippen molar-refractivity contribution in [3.8, 4) is 0 Å². The van der Waals surface area contributed by atoms with Crippen molar-refractivity contribution >= 4 is 22.9 Å². The smallest absolute Gasteiger partial charge is 0.0948 e. The van der Waals surface area contributed by atoms with E-state index in [9.17, 15) is 0 Å². The van der Waals surface area contributed by atoms with Gasteiger partial charge in [-0.2, -0.15) is 0 Å². The maximum Gasteiger partial charge on any atom is 0.0948 e. The maximum atomic E-state index is 5.95. The summed E-state index contributed by atoms with van der Waals surface area (Å²) in [6.07, 6.45) is 7.43. The van der Waals surface area contributed by atoms with Gasteiger partial charge in [-0.15, -0.1) is 11.3 Å². The summed E-state index contributed by atoms with van der Waals surface area (Å²) >= 11 is 7.61. The van der Waals surface area contributed by atoms with Gasteiger partial charge >= 0.3 is 0 Å². The summed E-state index contributed by atoms with van der Waals surface area (Å²) in [7, 11) is 0. The van der Waals surface area contributed by atoms with Crippen molar-refractivity contribution < 1.29 is 0 Å². The molecule has 0 unspecified atom stereocenters. The number of imidazole rings is 1. The molecule has 1 atom stereocenters. The van der Waals surface area contributed by atoms with Gasteiger partial charge in [0.1, 0.15) is 0 Å². The van der Waals surface area contributed by atoms with Gasteiger partial charge in [0, 0.05) is 23.7 Å². The minimum absolute atomic E-state index is 0.486. The molecule has 1 aliphatic rings. The van der Waals surface area contributed by atoms with Gasteiger partial charge in [-0.05, 0) is 37.9 Å². The van der Waals surface area contributed by atoms with Crippen molar-refractivity contribution in [3.63, 3.8) is 0 Å². The Bertz CT molecular complexity index is 514. The van der Waals surface area contributed by atoms with Crippen LogP contribution < -0.4 is 5.32 Å². The molecular formula is C13H16ClN3S. The molecule has 1 aliphatic heterocycles. The van der Waals surface area contributed by atoms with Gasteiger partial charge in [-0.25, -0.2) is 4.98 Å². The summed E-state index contributed by atoms with van der Waals surface area (Å²) < 4.78 is 3.13. The van der Waals surface area contributed by atoms with Crippen LogP contribution in [-0.4, -0.2) is 16.1 Å². The summed E-state index contributed by atoms with van der Waals surface area (Å²) in [6, 6.07) is 4.56. The normalized spacial score (nSPS) is 19.5. The van der Waals surface area contributed by atoms with Gasteiger partial charge in [0.05, 0.1) is 16.4 Å². The molecular weight excluding hydrogens is 266 g/mol. The number of aryl methyl sites for hydroxylation is 2. The van der Waals surface area contributed by atoms with E-state index in [0.29, 0.717) is 6.04 Å². The quantitative estimate of drug-likeness (QED) is 0.932. The highest BCUT2D eigenvalue weighted by atomic mass is 35.5. The molecule has 3 nitrogen and oxygen atoms in total. The zero-order valence-electron chi connectivity index (χ0n) is 10.1. The zero-order chi connectivity index (χ0) is 12.4. The van der Waals surface area contributed by atoms with E-state index in [1.54, 1.807) is 11.3 Å². The Labute approximate surface area is 116 Å². The third kappa shape index (κ3) is 2.60. The lowest BCUT2D eigenvalue weighted by Gasteiger charge is -2.13. The van der Waals surface area contributed by atoms with Gasteiger partial charge in [0.25, 0.3) is 0 Å². The van der Waals surface area contributed by atoms with E-state index >= 15 is 0 Å². The van der Waals surface area contributed by atoms with Gasteiger partial charge in [0.15, 0.2) is 0 Å². The second-order valence-electron chi connectivity index (χ2n) is 4.62. The highest BCUT2D eigenvalue weighted by Gasteiger charge is 2.19. The van der Waals surface area contributed by atoms with Gasteiger partial charge in [0.2, 0.25) is 0 Å². The Kier molecular flexibility index (Phi) is 3.68. The molecule has 0 aliphatic carbocycles. The Hall–Kier alpha value is -0.840. The molecule has 0 amide bonds. The van der Waals surface area contributed by atoms with Gasteiger partial charge < -0.3 is 9.88 Å². The maximum absolute atomic E-state index is 5.95. The summed E-state index contributed by atoms with van der Waals surface area (Å²) in [5, 5.41) is 3.52. The van der Waals surface area contributed by atoms with Crippen LogP contribution >= 0.6 is 22.9 Å². The van der Waals surface area contributed by atoms with Crippen LogP contribution in [-0.2, 0) is 13.0 Å². The molecule has 3 heterocycles. The Morgan fingerprint density at radius 2 is 2.44 bits per heavy atom. The number of thiophene rings is 1. The third-order valence-corrected chi connectivity index (χ3v) is 4.68. The van der Waals surface area contributed by atoms with E-state index in [0.717, 1.165) is 23.8 Å². The minimum atomic E-state index is 0.486. The minimum Gasteiger partial charge on any atom is -0.333 e. The number of nitrogens with zero attached hydrogens (tertiary/aromatic N) is 2. The molecule has 0 saturated carbocycles. The third-order valence-electron chi connectivity index (χ3n) is 3.39. The van der Waals surface area contributed by atoms with Crippen LogP contribution in [0.15, 0.2) is 24.7 Å². The van der Waals surface area contributed by atoms with E-state index in [1.165, 1.54) is 23.4 Å². The second kappa shape index (κ2) is 5.43.